The maximum Gasteiger partial charge on any atom is 0.343 e. The number of aromatic nitrogens is 4. The number of nitrogens with one attached hydrogen (secondary N) is 1. The standard InChI is InChI=1S/C56H66ClN9O6/c1-3-56(70)45-30-48-52-41(34-66(48)54(68)44(45)35-71-55(56)69)29-43-40(10-8-11-46(43)60-52)33-64-27-25-63(26-28-64)22-7-5-4-6-9-37-20-23-65(24-21-37)50-19-17-47(61-62-50)53(67)59-32-38-12-15-42(16-13-38)72-49-18-14-39(31-58)51(57)36(49)2/h8,10-11,14,17-19,29-30,37-38,42,70H,3-7,9,12-13,15-16,20-28,32-35H2,1-2H3,(H,59,67)/t38?,42?,56-/m0/s1. The molecule has 0 unspecified atom stereocenters. The highest BCUT2D eigenvalue weighted by atomic mass is 35.5. The third-order valence-corrected chi connectivity index (χ3v) is 16.7. The number of anilines is 1. The van der Waals surface area contributed by atoms with Gasteiger partial charge in [0, 0.05) is 74.4 Å². The number of piperidine rings is 1. The molecule has 378 valence electrons. The summed E-state index contributed by atoms with van der Waals surface area (Å²) >= 11 is 6.34. The first-order chi connectivity index (χ1) is 35.0. The highest BCUT2D eigenvalue weighted by Crippen LogP contribution is 2.40. The minimum absolute atomic E-state index is 0.0873. The van der Waals surface area contributed by atoms with Gasteiger partial charge in [-0.3, -0.25) is 14.5 Å². The lowest BCUT2D eigenvalue weighted by molar-refractivity contribution is -0.172. The lowest BCUT2D eigenvalue weighted by atomic mass is 9.86. The number of nitrogens with zero attached hydrogens (tertiary/aromatic N) is 8. The molecule has 1 amide bonds. The third kappa shape index (κ3) is 10.3. The number of benzene rings is 2. The molecule has 1 atom stereocenters. The maximum absolute atomic E-state index is 13.7. The highest BCUT2D eigenvalue weighted by Gasteiger charge is 2.45. The van der Waals surface area contributed by atoms with Gasteiger partial charge in [0.05, 0.1) is 45.7 Å². The number of amides is 1. The molecule has 0 radical (unpaired) electrons. The first-order valence-corrected chi connectivity index (χ1v) is 26.6. The molecule has 0 bridgehead atoms. The van der Waals surface area contributed by atoms with Crippen LogP contribution in [0.4, 0.5) is 5.82 Å². The quantitative estimate of drug-likeness (QED) is 0.0704. The number of pyridine rings is 2. The number of cyclic esters (lactones) is 1. The van der Waals surface area contributed by atoms with Crippen molar-refractivity contribution in [2.75, 3.05) is 57.3 Å². The molecule has 7 heterocycles. The van der Waals surface area contributed by atoms with Crippen molar-refractivity contribution < 1.29 is 24.2 Å². The minimum Gasteiger partial charge on any atom is -0.490 e. The summed E-state index contributed by atoms with van der Waals surface area (Å²) in [5.41, 5.74) is 4.61. The van der Waals surface area contributed by atoms with Gasteiger partial charge in [-0.2, -0.15) is 5.26 Å². The van der Waals surface area contributed by atoms with Gasteiger partial charge in [-0.25, -0.2) is 9.78 Å². The number of aliphatic hydroxyl groups is 1. The van der Waals surface area contributed by atoms with Crippen LogP contribution in [0.2, 0.25) is 5.02 Å². The summed E-state index contributed by atoms with van der Waals surface area (Å²) in [5, 5.41) is 33.9. The average molecular weight is 997 g/mol. The molecule has 15 nitrogen and oxygen atoms in total. The number of piperazine rings is 1. The summed E-state index contributed by atoms with van der Waals surface area (Å²) in [6.07, 6.45) is 12.5. The molecule has 72 heavy (non-hydrogen) atoms. The topological polar surface area (TPSA) is 179 Å². The van der Waals surface area contributed by atoms with Crippen LogP contribution >= 0.6 is 11.6 Å². The SMILES string of the molecule is CC[C@@]1(O)C(=O)OCc2c1cc1n(c2=O)Cc2cc3c(CN4CCN(CCCCCCC5CCN(c6ccc(C(=O)NCC7CCC(Oc8ccc(C#N)c(Cl)c8C)CC7)nn6)CC5)CC4)cccc3nc2-1. The third-order valence-electron chi connectivity index (χ3n) is 16.3. The zero-order chi connectivity index (χ0) is 49.9. The van der Waals surface area contributed by atoms with Gasteiger partial charge in [-0.1, -0.05) is 56.3 Å². The van der Waals surface area contributed by atoms with Crippen molar-refractivity contribution in [1.29, 1.82) is 5.26 Å². The molecule has 2 saturated heterocycles. The Morgan fingerprint density at radius 1 is 0.931 bits per heavy atom. The molecule has 1 saturated carbocycles. The number of esters is 1. The number of rotatable bonds is 16. The molecule has 2 aromatic carbocycles. The molecule has 4 aliphatic heterocycles. The number of nitriles is 1. The summed E-state index contributed by atoms with van der Waals surface area (Å²) < 4.78 is 13.2. The van der Waals surface area contributed by atoms with Gasteiger partial charge in [-0.05, 0) is 125 Å². The summed E-state index contributed by atoms with van der Waals surface area (Å²) in [7, 11) is 0. The number of carbonyl (C=O) groups is 2. The second-order valence-corrected chi connectivity index (χ2v) is 21.1. The van der Waals surface area contributed by atoms with E-state index in [-0.39, 0.29) is 30.6 Å². The molecule has 1 aliphatic carbocycles. The number of hydrogen-bond acceptors (Lipinski definition) is 13. The predicted octanol–water partition coefficient (Wildman–Crippen LogP) is 8.06. The second-order valence-electron chi connectivity index (χ2n) is 20.7. The Bertz CT molecular complexity index is 2920. The van der Waals surface area contributed by atoms with Gasteiger partial charge in [-0.15, -0.1) is 10.2 Å². The molecule has 2 N–H and O–H groups in total. The molecular weight excluding hydrogens is 930 g/mol. The molecule has 16 heteroatoms. The number of halogens is 1. The lowest BCUT2D eigenvalue weighted by Gasteiger charge is -2.35. The van der Waals surface area contributed by atoms with E-state index in [0.29, 0.717) is 52.1 Å². The number of ether oxygens (including phenoxy) is 2. The van der Waals surface area contributed by atoms with E-state index in [9.17, 15) is 24.8 Å². The fourth-order valence-corrected chi connectivity index (χ4v) is 11.8. The van der Waals surface area contributed by atoms with Crippen molar-refractivity contribution in [3.63, 3.8) is 0 Å². The van der Waals surface area contributed by atoms with Crippen molar-refractivity contribution in [3.8, 4) is 23.2 Å². The molecular formula is C56H66ClN9O6. The number of fused-ring (bicyclic) bond motifs is 5. The Kier molecular flexibility index (Phi) is 14.9. The Morgan fingerprint density at radius 2 is 1.71 bits per heavy atom. The largest absolute Gasteiger partial charge is 0.490 e. The van der Waals surface area contributed by atoms with Gasteiger partial charge in [0.25, 0.3) is 11.5 Å². The molecule has 5 aliphatic rings. The van der Waals surface area contributed by atoms with Gasteiger partial charge < -0.3 is 34.3 Å². The Labute approximate surface area is 426 Å². The predicted molar refractivity (Wildman–Crippen MR) is 276 cm³/mol. The van der Waals surface area contributed by atoms with Crippen LogP contribution in [0.1, 0.15) is 128 Å². The van der Waals surface area contributed by atoms with Gasteiger partial charge in [0.1, 0.15) is 18.4 Å². The van der Waals surface area contributed by atoms with Crippen LogP contribution < -0.4 is 20.5 Å². The van der Waals surface area contributed by atoms with Crippen LogP contribution in [-0.2, 0) is 34.8 Å². The van der Waals surface area contributed by atoms with Crippen molar-refractivity contribution in [1.82, 2.24) is 34.9 Å². The summed E-state index contributed by atoms with van der Waals surface area (Å²) in [5.74, 6) is 1.78. The first kappa shape index (κ1) is 49.6. The van der Waals surface area contributed by atoms with E-state index in [4.69, 9.17) is 26.1 Å². The molecule has 5 aromatic rings. The first-order valence-electron chi connectivity index (χ1n) is 26.3. The second kappa shape index (κ2) is 21.7. The Balaban J connectivity index is 0.598. The smallest absolute Gasteiger partial charge is 0.343 e. The van der Waals surface area contributed by atoms with E-state index in [2.05, 4.69) is 54.5 Å². The van der Waals surface area contributed by atoms with Crippen LogP contribution in [0.25, 0.3) is 22.3 Å². The molecule has 10 rings (SSSR count). The van der Waals surface area contributed by atoms with E-state index in [1.54, 1.807) is 29.7 Å². The van der Waals surface area contributed by atoms with Gasteiger partial charge in [0.2, 0.25) is 0 Å². The van der Waals surface area contributed by atoms with E-state index >= 15 is 0 Å². The van der Waals surface area contributed by atoms with Crippen LogP contribution in [0, 0.1) is 30.1 Å². The van der Waals surface area contributed by atoms with E-state index in [0.717, 1.165) is 136 Å². The highest BCUT2D eigenvalue weighted by molar-refractivity contribution is 6.32. The Hall–Kier alpha value is -5.92. The van der Waals surface area contributed by atoms with Crippen LogP contribution in [0.15, 0.2) is 59.4 Å². The fraction of sp³-hybridized carbons (Fsp3) is 0.518. The number of carbonyl (C=O) groups excluding carboxylic acids is 2. The minimum atomic E-state index is -1.84. The van der Waals surface area contributed by atoms with Crippen molar-refractivity contribution in [2.45, 2.75) is 122 Å². The van der Waals surface area contributed by atoms with Crippen LogP contribution in [0.3, 0.4) is 0 Å². The molecule has 3 aromatic heterocycles. The van der Waals surface area contributed by atoms with Crippen molar-refractivity contribution in [2.24, 2.45) is 11.8 Å². The normalized spacial score (nSPS) is 21.4. The zero-order valence-electron chi connectivity index (χ0n) is 41.6. The molecule has 3 fully saturated rings. The van der Waals surface area contributed by atoms with Crippen LogP contribution in [-0.4, -0.2) is 105 Å². The zero-order valence-corrected chi connectivity index (χ0v) is 42.4. The lowest BCUT2D eigenvalue weighted by Crippen LogP contribution is -2.46. The fourth-order valence-electron chi connectivity index (χ4n) is 11.6. The number of unbranched alkanes of at least 4 members (excludes halogenated alkanes) is 3. The number of hydrogen-bond donors (Lipinski definition) is 2. The summed E-state index contributed by atoms with van der Waals surface area (Å²) in [6, 6.07) is 19.6. The van der Waals surface area contributed by atoms with Gasteiger partial charge in [0.15, 0.2) is 17.1 Å². The summed E-state index contributed by atoms with van der Waals surface area (Å²) in [4.78, 5) is 51.7. The van der Waals surface area contributed by atoms with Gasteiger partial charge >= 0.3 is 5.97 Å². The summed E-state index contributed by atoms with van der Waals surface area (Å²) in [6.45, 7) is 12.5. The average Bonchev–Trinajstić information content (AvgIpc) is 3.77. The van der Waals surface area contributed by atoms with E-state index in [1.165, 1.54) is 37.7 Å². The van der Waals surface area contributed by atoms with Crippen molar-refractivity contribution in [3.05, 3.63) is 109 Å². The monoisotopic (exact) mass is 995 g/mol. The van der Waals surface area contributed by atoms with E-state index in [1.807, 2.05) is 25.1 Å². The van der Waals surface area contributed by atoms with Crippen molar-refractivity contribution >= 4 is 40.2 Å². The van der Waals surface area contributed by atoms with E-state index < -0.39 is 11.6 Å². The van der Waals surface area contributed by atoms with Crippen LogP contribution in [0.5, 0.6) is 5.75 Å². The molecule has 0 spiro atoms. The Morgan fingerprint density at radius 3 is 2.46 bits per heavy atom. The maximum atomic E-state index is 13.7.